The van der Waals surface area contributed by atoms with Gasteiger partial charge in [0.2, 0.25) is 5.09 Å². The molecule has 0 spiro atoms. The van der Waals surface area contributed by atoms with E-state index in [9.17, 15) is 8.42 Å². The first-order valence-corrected chi connectivity index (χ1v) is 11.3. The molecule has 0 saturated carbocycles. The Bertz CT molecular complexity index is 834. The lowest BCUT2D eigenvalue weighted by atomic mass is 9.98. The third kappa shape index (κ3) is 3.18. The largest absolute Gasteiger partial charge is 0.447 e. The summed E-state index contributed by atoms with van der Waals surface area (Å²) in [4.78, 5) is 3.89. The summed E-state index contributed by atoms with van der Waals surface area (Å²) in [5.41, 5.74) is 1.43. The first-order valence-electron chi connectivity index (χ1n) is 8.99. The standard InChI is InChI=1S/C18H24N2O3S2/c1-2-16-15-8-12-24-17(15)7-11-19(16)13-14-5-6-18(23-14)25(21,22)20-9-3-4-10-20/h5-6,8,12,16H,2-4,7,9-11,13H2,1H3. The van der Waals surface area contributed by atoms with Crippen molar-refractivity contribution in [3.63, 3.8) is 0 Å². The van der Waals surface area contributed by atoms with Crippen LogP contribution in [0.4, 0.5) is 0 Å². The summed E-state index contributed by atoms with van der Waals surface area (Å²) in [5, 5.41) is 2.26. The maximum Gasteiger partial charge on any atom is 0.276 e. The molecule has 1 unspecified atom stereocenters. The maximum absolute atomic E-state index is 12.6. The third-order valence-corrected chi connectivity index (χ3v) is 8.02. The van der Waals surface area contributed by atoms with Crippen molar-refractivity contribution in [1.82, 2.24) is 9.21 Å². The molecule has 25 heavy (non-hydrogen) atoms. The maximum atomic E-state index is 12.6. The third-order valence-electron chi connectivity index (χ3n) is 5.25. The van der Waals surface area contributed by atoms with Gasteiger partial charge in [-0.25, -0.2) is 8.42 Å². The summed E-state index contributed by atoms with van der Waals surface area (Å²) in [7, 11) is -3.47. The van der Waals surface area contributed by atoms with Crippen LogP contribution in [0.1, 0.15) is 48.4 Å². The zero-order valence-corrected chi connectivity index (χ0v) is 16.1. The zero-order valence-electron chi connectivity index (χ0n) is 14.5. The molecule has 2 aliphatic rings. The van der Waals surface area contributed by atoms with Gasteiger partial charge in [-0.15, -0.1) is 11.3 Å². The summed E-state index contributed by atoms with van der Waals surface area (Å²) < 4.78 is 32.5. The molecule has 2 aromatic rings. The van der Waals surface area contributed by atoms with Gasteiger partial charge in [-0.2, -0.15) is 4.31 Å². The number of thiophene rings is 1. The Morgan fingerprint density at radius 3 is 2.76 bits per heavy atom. The minimum atomic E-state index is -3.47. The fraction of sp³-hybridized carbons (Fsp3) is 0.556. The minimum Gasteiger partial charge on any atom is -0.447 e. The van der Waals surface area contributed by atoms with Crippen LogP contribution in [-0.2, 0) is 23.0 Å². The van der Waals surface area contributed by atoms with E-state index in [-0.39, 0.29) is 5.09 Å². The zero-order chi connectivity index (χ0) is 17.4. The Morgan fingerprint density at radius 1 is 1.20 bits per heavy atom. The molecule has 136 valence electrons. The van der Waals surface area contributed by atoms with E-state index in [2.05, 4.69) is 23.3 Å². The Labute approximate surface area is 153 Å². The quantitative estimate of drug-likeness (QED) is 0.795. The highest BCUT2D eigenvalue weighted by molar-refractivity contribution is 7.89. The van der Waals surface area contributed by atoms with Crippen molar-refractivity contribution in [1.29, 1.82) is 0 Å². The normalized spacial score (nSPS) is 22.4. The number of nitrogens with zero attached hydrogens (tertiary/aromatic N) is 2. The molecule has 1 atom stereocenters. The topological polar surface area (TPSA) is 53.8 Å². The smallest absolute Gasteiger partial charge is 0.276 e. The molecule has 1 saturated heterocycles. The van der Waals surface area contributed by atoms with Crippen LogP contribution < -0.4 is 0 Å². The number of rotatable bonds is 5. The van der Waals surface area contributed by atoms with Crippen LogP contribution in [0.2, 0.25) is 0 Å². The highest BCUT2D eigenvalue weighted by atomic mass is 32.2. The average Bonchev–Trinajstić information content (AvgIpc) is 3.35. The van der Waals surface area contributed by atoms with Crippen LogP contribution in [0.5, 0.6) is 0 Å². The van der Waals surface area contributed by atoms with Gasteiger partial charge in [-0.1, -0.05) is 6.92 Å². The van der Waals surface area contributed by atoms with E-state index in [4.69, 9.17) is 4.42 Å². The van der Waals surface area contributed by atoms with Crippen molar-refractivity contribution >= 4 is 21.4 Å². The number of furan rings is 1. The van der Waals surface area contributed by atoms with E-state index < -0.39 is 10.0 Å². The van der Waals surface area contributed by atoms with Crippen molar-refractivity contribution < 1.29 is 12.8 Å². The monoisotopic (exact) mass is 380 g/mol. The van der Waals surface area contributed by atoms with Crippen LogP contribution in [0.3, 0.4) is 0 Å². The van der Waals surface area contributed by atoms with Crippen molar-refractivity contribution in [2.24, 2.45) is 0 Å². The van der Waals surface area contributed by atoms with E-state index in [0.29, 0.717) is 25.7 Å². The summed E-state index contributed by atoms with van der Waals surface area (Å²) in [6.07, 6.45) is 3.97. The van der Waals surface area contributed by atoms with Crippen molar-refractivity contribution in [2.45, 2.75) is 50.3 Å². The van der Waals surface area contributed by atoms with Gasteiger partial charge >= 0.3 is 0 Å². The molecular weight excluding hydrogens is 356 g/mol. The highest BCUT2D eigenvalue weighted by Gasteiger charge is 2.31. The van der Waals surface area contributed by atoms with Gasteiger partial charge < -0.3 is 4.42 Å². The van der Waals surface area contributed by atoms with E-state index in [0.717, 1.165) is 38.0 Å². The summed E-state index contributed by atoms with van der Waals surface area (Å²) >= 11 is 1.84. The predicted molar refractivity (Wildman–Crippen MR) is 98.2 cm³/mol. The average molecular weight is 381 g/mol. The van der Waals surface area contributed by atoms with Crippen molar-refractivity contribution in [3.8, 4) is 0 Å². The molecule has 0 amide bonds. The van der Waals surface area contributed by atoms with Crippen LogP contribution >= 0.6 is 11.3 Å². The molecule has 2 aromatic heterocycles. The summed E-state index contributed by atoms with van der Waals surface area (Å²) in [5.74, 6) is 0.731. The van der Waals surface area contributed by atoms with E-state index >= 15 is 0 Å². The van der Waals surface area contributed by atoms with Gasteiger partial charge in [0.1, 0.15) is 5.76 Å². The van der Waals surface area contributed by atoms with Crippen LogP contribution in [0.25, 0.3) is 0 Å². The van der Waals surface area contributed by atoms with Crippen molar-refractivity contribution in [2.75, 3.05) is 19.6 Å². The molecular formula is C18H24N2O3S2. The molecule has 4 heterocycles. The molecule has 0 aliphatic carbocycles. The van der Waals surface area contributed by atoms with Gasteiger partial charge in [-0.05, 0) is 54.8 Å². The lowest BCUT2D eigenvalue weighted by Gasteiger charge is -2.34. The molecule has 0 bridgehead atoms. The second-order valence-corrected chi connectivity index (χ2v) is 9.65. The molecule has 0 N–H and O–H groups in total. The fourth-order valence-electron chi connectivity index (χ4n) is 3.95. The van der Waals surface area contributed by atoms with Crippen LogP contribution in [-0.4, -0.2) is 37.3 Å². The first-order chi connectivity index (χ1) is 12.1. The molecule has 0 radical (unpaired) electrons. The van der Waals surface area contributed by atoms with Crippen molar-refractivity contribution in [3.05, 3.63) is 39.8 Å². The lowest BCUT2D eigenvalue weighted by Crippen LogP contribution is -2.33. The lowest BCUT2D eigenvalue weighted by molar-refractivity contribution is 0.157. The van der Waals surface area contributed by atoms with E-state index in [1.54, 1.807) is 6.07 Å². The highest BCUT2D eigenvalue weighted by Crippen LogP contribution is 2.36. The van der Waals surface area contributed by atoms with Gasteiger partial charge in [0.25, 0.3) is 10.0 Å². The molecule has 7 heteroatoms. The second kappa shape index (κ2) is 6.87. The van der Waals surface area contributed by atoms with E-state index in [1.165, 1.54) is 14.7 Å². The SMILES string of the molecule is CCC1c2ccsc2CCN1Cc1ccc(S(=O)(=O)N2CCCC2)o1. The Balaban J connectivity index is 1.52. The van der Waals surface area contributed by atoms with Gasteiger partial charge in [0.15, 0.2) is 0 Å². The molecule has 4 rings (SSSR count). The molecule has 2 aliphatic heterocycles. The second-order valence-electron chi connectivity index (χ2n) is 6.78. The summed E-state index contributed by atoms with van der Waals surface area (Å²) in [6, 6.07) is 6.05. The molecule has 5 nitrogen and oxygen atoms in total. The van der Waals surface area contributed by atoms with Crippen LogP contribution in [0, 0.1) is 0 Å². The van der Waals surface area contributed by atoms with Gasteiger partial charge in [0.05, 0.1) is 6.54 Å². The molecule has 0 aromatic carbocycles. The van der Waals surface area contributed by atoms with E-state index in [1.807, 2.05) is 17.4 Å². The summed E-state index contributed by atoms with van der Waals surface area (Å²) in [6.45, 7) is 5.05. The predicted octanol–water partition coefficient (Wildman–Crippen LogP) is 3.64. The number of hydrogen-bond acceptors (Lipinski definition) is 5. The number of hydrogen-bond donors (Lipinski definition) is 0. The number of fused-ring (bicyclic) bond motifs is 1. The number of sulfonamides is 1. The Morgan fingerprint density at radius 2 is 2.00 bits per heavy atom. The first kappa shape index (κ1) is 17.3. The van der Waals surface area contributed by atoms with Crippen LogP contribution in [0.15, 0.2) is 33.1 Å². The Hall–Kier alpha value is -1.15. The van der Waals surface area contributed by atoms with Gasteiger partial charge in [0, 0.05) is 30.6 Å². The Kier molecular flexibility index (Phi) is 4.75. The minimum absolute atomic E-state index is 0.0886. The van der Waals surface area contributed by atoms with Gasteiger partial charge in [-0.3, -0.25) is 4.90 Å². The molecule has 1 fully saturated rings. The fourth-order valence-corrected chi connectivity index (χ4v) is 6.33.